The van der Waals surface area contributed by atoms with E-state index in [1.807, 2.05) is 42.3 Å². The first-order chi connectivity index (χ1) is 26.8. The van der Waals surface area contributed by atoms with Gasteiger partial charge in [-0.05, 0) is 67.3 Å². The predicted octanol–water partition coefficient (Wildman–Crippen LogP) is 6.96. The number of carbonyl (C=O) groups is 1. The molecule has 2 aliphatic rings. The second kappa shape index (κ2) is 15.0. The van der Waals surface area contributed by atoms with Gasteiger partial charge in [0.15, 0.2) is 16.9 Å². The van der Waals surface area contributed by atoms with Crippen molar-refractivity contribution in [1.82, 2.24) is 29.3 Å². The Bertz CT molecular complexity index is 2540. The molecule has 16 heteroatoms. The molecular weight excluding hydrogens is 751 g/mol. The number of pyridine rings is 3. The van der Waals surface area contributed by atoms with Crippen LogP contribution >= 0.6 is 11.6 Å². The van der Waals surface area contributed by atoms with E-state index in [4.69, 9.17) is 21.0 Å². The second-order valence-corrected chi connectivity index (χ2v) is 14.8. The molecule has 6 heterocycles. The number of nitrogens with one attached hydrogen (secondary N) is 1. The number of anilines is 2. The van der Waals surface area contributed by atoms with E-state index in [2.05, 4.69) is 26.3 Å². The molecule has 12 nitrogen and oxygen atoms in total. The zero-order valence-corrected chi connectivity index (χ0v) is 30.9. The summed E-state index contributed by atoms with van der Waals surface area (Å²) >= 11 is 7.00. The standard InChI is InChI=1S/C40H37ClF3N7O5/c1-22-27(4-3-7-31(22)47-36-33-24(8-11-45-36)16-23(17-46-33)18-50-13-10-26(52)20-50)28-5-2-6-29(32(28)41)37-48-34-35(56-37)30(40(42,43)44)21-51(38(34)53)15-14-49-12-9-25(19-49)39(54)55/h2-8,11,16-17,21,25-26,52H,9-10,12-15,18-20H2,1H3,(H,45,47)(H,54,55)/t25-,26-/m1/s1. The van der Waals surface area contributed by atoms with Gasteiger partial charge in [0.25, 0.3) is 5.56 Å². The molecule has 0 amide bonds. The van der Waals surface area contributed by atoms with Gasteiger partial charge in [-0.3, -0.25) is 19.5 Å². The van der Waals surface area contributed by atoms with E-state index >= 15 is 0 Å². The molecule has 0 bridgehead atoms. The van der Waals surface area contributed by atoms with Gasteiger partial charge in [0.2, 0.25) is 5.89 Å². The molecule has 56 heavy (non-hydrogen) atoms. The first-order valence-corrected chi connectivity index (χ1v) is 18.6. The summed E-state index contributed by atoms with van der Waals surface area (Å²) in [6.45, 7) is 4.88. The molecule has 290 valence electrons. The summed E-state index contributed by atoms with van der Waals surface area (Å²) < 4.78 is 49.8. The molecule has 4 aromatic heterocycles. The van der Waals surface area contributed by atoms with Gasteiger partial charge in [0.1, 0.15) is 11.1 Å². The van der Waals surface area contributed by atoms with Gasteiger partial charge in [0.05, 0.1) is 22.6 Å². The number of hydrogen-bond acceptors (Lipinski definition) is 10. The van der Waals surface area contributed by atoms with Gasteiger partial charge in [0, 0.05) is 74.5 Å². The van der Waals surface area contributed by atoms with E-state index < -0.39 is 40.3 Å². The maximum Gasteiger partial charge on any atom is 0.421 e. The van der Waals surface area contributed by atoms with Crippen molar-refractivity contribution >= 4 is 51.1 Å². The van der Waals surface area contributed by atoms with Crippen LogP contribution in [0, 0.1) is 12.8 Å². The Morgan fingerprint density at radius 3 is 2.52 bits per heavy atom. The van der Waals surface area contributed by atoms with Crippen molar-refractivity contribution in [2.24, 2.45) is 5.92 Å². The van der Waals surface area contributed by atoms with Crippen LogP contribution in [-0.4, -0.2) is 84.3 Å². The molecule has 2 fully saturated rings. The van der Waals surface area contributed by atoms with Gasteiger partial charge in [-0.25, -0.2) is 9.97 Å². The molecule has 0 spiro atoms. The van der Waals surface area contributed by atoms with Crippen LogP contribution in [-0.2, 0) is 24.1 Å². The van der Waals surface area contributed by atoms with Crippen molar-refractivity contribution < 1.29 is 32.6 Å². The Kier molecular flexibility index (Phi) is 10.0. The number of hydrogen-bond donors (Lipinski definition) is 3. The van der Waals surface area contributed by atoms with Gasteiger partial charge in [-0.1, -0.05) is 35.9 Å². The molecule has 0 radical (unpaired) electrons. The highest BCUT2D eigenvalue weighted by atomic mass is 35.5. The minimum absolute atomic E-state index is 0.0951. The van der Waals surface area contributed by atoms with Crippen LogP contribution in [0.5, 0.6) is 0 Å². The van der Waals surface area contributed by atoms with Crippen molar-refractivity contribution in [3.8, 4) is 22.6 Å². The molecule has 2 atom stereocenters. The Labute approximate surface area is 323 Å². The Balaban J connectivity index is 1.09. The fourth-order valence-corrected chi connectivity index (χ4v) is 7.93. The van der Waals surface area contributed by atoms with Crippen molar-refractivity contribution in [3.63, 3.8) is 0 Å². The van der Waals surface area contributed by atoms with Crippen LogP contribution in [0.3, 0.4) is 0 Å². The maximum absolute atomic E-state index is 14.4. The van der Waals surface area contributed by atoms with E-state index in [1.165, 1.54) is 0 Å². The topological polar surface area (TPSA) is 150 Å². The van der Waals surface area contributed by atoms with Gasteiger partial charge in [-0.15, -0.1) is 0 Å². The van der Waals surface area contributed by atoms with E-state index in [1.54, 1.807) is 24.4 Å². The molecule has 0 aliphatic carbocycles. The van der Waals surface area contributed by atoms with Gasteiger partial charge in [-0.2, -0.15) is 13.2 Å². The number of halogens is 4. The van der Waals surface area contributed by atoms with Gasteiger partial charge < -0.3 is 29.4 Å². The van der Waals surface area contributed by atoms with Crippen LogP contribution in [0.25, 0.3) is 44.6 Å². The largest absolute Gasteiger partial charge is 0.481 e. The number of aromatic nitrogens is 4. The highest BCUT2D eigenvalue weighted by Crippen LogP contribution is 2.41. The lowest BCUT2D eigenvalue weighted by atomic mass is 9.97. The number of likely N-dealkylation sites (tertiary alicyclic amines) is 2. The zero-order valence-electron chi connectivity index (χ0n) is 30.2. The highest BCUT2D eigenvalue weighted by molar-refractivity contribution is 6.36. The number of carboxylic acids is 1. The predicted molar refractivity (Wildman–Crippen MR) is 205 cm³/mol. The molecule has 8 rings (SSSR count). The van der Waals surface area contributed by atoms with Crippen LogP contribution in [0.2, 0.25) is 5.02 Å². The Morgan fingerprint density at radius 1 is 1.00 bits per heavy atom. The summed E-state index contributed by atoms with van der Waals surface area (Å²) in [7, 11) is 0. The van der Waals surface area contributed by atoms with E-state index in [0.717, 1.165) is 51.5 Å². The number of benzene rings is 2. The number of alkyl halides is 3. The number of nitrogens with zero attached hydrogens (tertiary/aromatic N) is 6. The average molecular weight is 788 g/mol. The third-order valence-corrected chi connectivity index (χ3v) is 11.0. The molecule has 0 unspecified atom stereocenters. The minimum atomic E-state index is -4.86. The summed E-state index contributed by atoms with van der Waals surface area (Å²) in [6.07, 6.45) is 0.272. The third-order valence-electron chi connectivity index (χ3n) is 10.6. The first-order valence-electron chi connectivity index (χ1n) is 18.2. The Hall–Kier alpha value is -5.35. The normalized spacial score (nSPS) is 18.0. The SMILES string of the molecule is Cc1c(Nc2nccc3cc(CN4CC[C@@H](O)C4)cnc23)cccc1-c1cccc(-c2nc3c(=O)n(CCN4CC[C@@H](C(=O)O)C4)cc(C(F)(F)F)c3o2)c1Cl. The lowest BCUT2D eigenvalue weighted by Crippen LogP contribution is -2.31. The monoisotopic (exact) mass is 787 g/mol. The molecule has 2 aliphatic heterocycles. The van der Waals surface area contributed by atoms with Crippen LogP contribution < -0.4 is 10.9 Å². The highest BCUT2D eigenvalue weighted by Gasteiger charge is 2.37. The summed E-state index contributed by atoms with van der Waals surface area (Å²) in [5.74, 6) is -1.18. The number of fused-ring (bicyclic) bond motifs is 2. The van der Waals surface area contributed by atoms with Crippen molar-refractivity contribution in [1.29, 1.82) is 0 Å². The smallest absolute Gasteiger partial charge is 0.421 e. The average Bonchev–Trinajstić information content (AvgIpc) is 3.93. The second-order valence-electron chi connectivity index (χ2n) is 14.4. The van der Waals surface area contributed by atoms with Crippen molar-refractivity contribution in [2.75, 3.05) is 38.0 Å². The van der Waals surface area contributed by atoms with E-state index in [-0.39, 0.29) is 42.2 Å². The zero-order chi connectivity index (χ0) is 39.3. The van der Waals surface area contributed by atoms with Crippen molar-refractivity contribution in [2.45, 2.75) is 45.1 Å². The summed E-state index contributed by atoms with van der Waals surface area (Å²) in [4.78, 5) is 42.4. The summed E-state index contributed by atoms with van der Waals surface area (Å²) in [6, 6.07) is 14.6. The quantitative estimate of drug-likeness (QED) is 0.132. The lowest BCUT2D eigenvalue weighted by molar-refractivity contribution is -0.141. The third kappa shape index (κ3) is 7.34. The number of β-amino-alcohol motifs (C(OH)–C–C–N with tert-alkyl or cyclic N) is 1. The van der Waals surface area contributed by atoms with E-state index in [9.17, 15) is 33.0 Å². The van der Waals surface area contributed by atoms with E-state index in [0.29, 0.717) is 43.0 Å². The van der Waals surface area contributed by atoms with Gasteiger partial charge >= 0.3 is 12.1 Å². The number of aliphatic hydroxyl groups is 1. The fraction of sp³-hybridized carbons (Fsp3) is 0.325. The maximum atomic E-state index is 14.4. The summed E-state index contributed by atoms with van der Waals surface area (Å²) in [5.41, 5.74) is 1.64. The van der Waals surface area contributed by atoms with Crippen molar-refractivity contribution in [3.05, 3.63) is 99.2 Å². The Morgan fingerprint density at radius 2 is 1.77 bits per heavy atom. The number of aliphatic carboxylic acids is 1. The molecule has 0 saturated carbocycles. The number of rotatable bonds is 10. The molecule has 6 aromatic rings. The number of oxazole rings is 1. The minimum Gasteiger partial charge on any atom is -0.481 e. The van der Waals surface area contributed by atoms with Crippen LogP contribution in [0.1, 0.15) is 29.5 Å². The fourth-order valence-electron chi connectivity index (χ4n) is 7.62. The number of carboxylic acid groups (broad SMARTS) is 1. The first kappa shape index (κ1) is 37.6. The molecular formula is C40H37ClF3N7O5. The van der Waals surface area contributed by atoms with Crippen LogP contribution in [0.4, 0.5) is 24.7 Å². The lowest BCUT2D eigenvalue weighted by Gasteiger charge is -2.17. The summed E-state index contributed by atoms with van der Waals surface area (Å²) in [5, 5.41) is 23.7. The molecule has 2 aromatic carbocycles. The van der Waals surface area contributed by atoms with Crippen LogP contribution in [0.15, 0.2) is 76.3 Å². The molecule has 3 N–H and O–H groups in total. The number of aliphatic hydroxyl groups excluding tert-OH is 1. The molecule has 2 saturated heterocycles.